The van der Waals surface area contributed by atoms with Crippen molar-refractivity contribution >= 4 is 65.0 Å². The first-order valence-corrected chi connectivity index (χ1v) is 16.2. The maximum atomic E-state index is 6.33. The predicted molar refractivity (Wildman–Crippen MR) is 200 cm³/mol. The fourth-order valence-corrected chi connectivity index (χ4v) is 7.74. The summed E-state index contributed by atoms with van der Waals surface area (Å²) in [5, 5.41) is 12.4. The molecule has 10 aromatic rings. The molecule has 0 aliphatic carbocycles. The van der Waals surface area contributed by atoms with Gasteiger partial charge in [0.2, 0.25) is 0 Å². The van der Waals surface area contributed by atoms with Gasteiger partial charge in [-0.3, -0.25) is 0 Å². The van der Waals surface area contributed by atoms with Crippen LogP contribution in [0.2, 0.25) is 0 Å². The summed E-state index contributed by atoms with van der Waals surface area (Å²) in [4.78, 5) is 0. The smallest absolute Gasteiger partial charge is 0.136 e. The Balaban J connectivity index is 1.18. The van der Waals surface area contributed by atoms with Gasteiger partial charge in [0.15, 0.2) is 0 Å². The van der Waals surface area contributed by atoms with Gasteiger partial charge >= 0.3 is 0 Å². The molecule has 0 saturated carbocycles. The first-order valence-electron chi connectivity index (χ1n) is 16.2. The molecule has 1 nitrogen and oxygen atoms in total. The van der Waals surface area contributed by atoms with E-state index in [-0.39, 0.29) is 0 Å². The number of hydrogen-bond donors (Lipinski definition) is 0. The minimum absolute atomic E-state index is 0.915. The van der Waals surface area contributed by atoms with Crippen LogP contribution in [-0.4, -0.2) is 0 Å². The van der Waals surface area contributed by atoms with Crippen molar-refractivity contribution in [3.63, 3.8) is 0 Å². The van der Waals surface area contributed by atoms with E-state index in [0.29, 0.717) is 0 Å². The number of rotatable bonds is 3. The van der Waals surface area contributed by atoms with Gasteiger partial charge in [-0.25, -0.2) is 0 Å². The molecule has 0 spiro atoms. The molecule has 9 aromatic carbocycles. The second kappa shape index (κ2) is 10.2. The van der Waals surface area contributed by atoms with Crippen LogP contribution in [0.5, 0.6) is 0 Å². The van der Waals surface area contributed by atoms with E-state index in [2.05, 4.69) is 158 Å². The summed E-state index contributed by atoms with van der Waals surface area (Å²) in [6, 6.07) is 61.6. The zero-order valence-corrected chi connectivity index (χ0v) is 25.6. The highest BCUT2D eigenvalue weighted by molar-refractivity contribution is 6.22. The summed E-state index contributed by atoms with van der Waals surface area (Å²) in [5.41, 5.74) is 9.19. The Labute approximate surface area is 271 Å². The molecule has 0 N–H and O–H groups in total. The van der Waals surface area contributed by atoms with Crippen LogP contribution in [0, 0.1) is 0 Å². The van der Waals surface area contributed by atoms with Crippen molar-refractivity contribution < 1.29 is 4.42 Å². The molecule has 1 heterocycles. The molecule has 0 saturated heterocycles. The van der Waals surface area contributed by atoms with Crippen molar-refractivity contribution in [2.45, 2.75) is 0 Å². The molecule has 47 heavy (non-hydrogen) atoms. The Morgan fingerprint density at radius 2 is 0.745 bits per heavy atom. The molecule has 0 radical (unpaired) electrons. The summed E-state index contributed by atoms with van der Waals surface area (Å²) in [7, 11) is 0. The quantitative estimate of drug-likeness (QED) is 0.146. The lowest BCUT2D eigenvalue weighted by molar-refractivity contribution is 0.669. The minimum atomic E-state index is 0.915. The number of benzene rings is 9. The minimum Gasteiger partial charge on any atom is -0.456 e. The van der Waals surface area contributed by atoms with Gasteiger partial charge in [0, 0.05) is 10.8 Å². The zero-order chi connectivity index (χ0) is 30.9. The van der Waals surface area contributed by atoms with Crippen molar-refractivity contribution in [2.75, 3.05) is 0 Å². The lowest BCUT2D eigenvalue weighted by Crippen LogP contribution is -1.91. The maximum Gasteiger partial charge on any atom is 0.136 e. The first-order chi connectivity index (χ1) is 23.3. The SMILES string of the molecule is c1ccc2c(c1)cc(-c1ccc(-c3c4ccccc4c(-c4ccc5c(c4)oc4ccccc45)c4ccccc34)cc1)c1ccccc12. The topological polar surface area (TPSA) is 13.1 Å². The molecule has 0 atom stereocenters. The highest BCUT2D eigenvalue weighted by atomic mass is 16.3. The van der Waals surface area contributed by atoms with Crippen LogP contribution >= 0.6 is 0 Å². The number of furan rings is 1. The second-order valence-corrected chi connectivity index (χ2v) is 12.4. The largest absolute Gasteiger partial charge is 0.456 e. The van der Waals surface area contributed by atoms with Crippen molar-refractivity contribution in [3.8, 4) is 33.4 Å². The summed E-state index contributed by atoms with van der Waals surface area (Å²) >= 11 is 0. The standard InChI is InChI=1S/C46H28O/c1-2-12-33-31(11-1)27-42(35-14-4-3-13-34(33)35)29-21-23-30(24-22-29)45-38-16-5-7-18-40(38)46(41-19-8-6-17-39(41)45)32-25-26-37-36-15-9-10-20-43(36)47-44(37)28-32/h1-28H. The maximum absolute atomic E-state index is 6.33. The van der Waals surface area contributed by atoms with E-state index in [1.54, 1.807) is 0 Å². The Bertz CT molecular complexity index is 2780. The number of para-hydroxylation sites is 1. The molecular weight excluding hydrogens is 569 g/mol. The first kappa shape index (κ1) is 26.1. The fraction of sp³-hybridized carbons (Fsp3) is 0. The Kier molecular flexibility index (Phi) is 5.64. The zero-order valence-electron chi connectivity index (χ0n) is 25.6. The number of hydrogen-bond acceptors (Lipinski definition) is 1. The van der Waals surface area contributed by atoms with Gasteiger partial charge in [0.25, 0.3) is 0 Å². The van der Waals surface area contributed by atoms with Crippen LogP contribution in [0.25, 0.3) is 98.4 Å². The third-order valence-electron chi connectivity index (χ3n) is 9.85. The van der Waals surface area contributed by atoms with E-state index < -0.39 is 0 Å². The van der Waals surface area contributed by atoms with Crippen molar-refractivity contribution in [3.05, 3.63) is 170 Å². The van der Waals surface area contributed by atoms with Gasteiger partial charge in [-0.1, -0.05) is 146 Å². The predicted octanol–water partition coefficient (Wildman–Crippen LogP) is 13.2. The molecule has 218 valence electrons. The lowest BCUT2D eigenvalue weighted by Gasteiger charge is -2.18. The van der Waals surface area contributed by atoms with Crippen LogP contribution in [0.15, 0.2) is 174 Å². The van der Waals surface area contributed by atoms with Gasteiger partial charge in [-0.2, -0.15) is 0 Å². The van der Waals surface area contributed by atoms with E-state index in [1.807, 2.05) is 12.1 Å². The monoisotopic (exact) mass is 596 g/mol. The van der Waals surface area contributed by atoms with E-state index in [1.165, 1.54) is 70.9 Å². The second-order valence-electron chi connectivity index (χ2n) is 12.4. The fourth-order valence-electron chi connectivity index (χ4n) is 7.74. The Morgan fingerprint density at radius 3 is 1.43 bits per heavy atom. The van der Waals surface area contributed by atoms with Crippen LogP contribution in [0.3, 0.4) is 0 Å². The Morgan fingerprint density at radius 1 is 0.277 bits per heavy atom. The summed E-state index contributed by atoms with van der Waals surface area (Å²) in [6.45, 7) is 0. The molecule has 10 rings (SSSR count). The summed E-state index contributed by atoms with van der Waals surface area (Å²) < 4.78 is 6.33. The van der Waals surface area contributed by atoms with E-state index in [9.17, 15) is 0 Å². The van der Waals surface area contributed by atoms with Crippen LogP contribution < -0.4 is 0 Å². The molecule has 1 heteroatoms. The molecule has 0 fully saturated rings. The summed E-state index contributed by atoms with van der Waals surface area (Å²) in [6.07, 6.45) is 0. The molecule has 1 aromatic heterocycles. The van der Waals surface area contributed by atoms with Gasteiger partial charge in [-0.05, 0) is 101 Å². The highest BCUT2D eigenvalue weighted by Gasteiger charge is 2.18. The van der Waals surface area contributed by atoms with E-state index in [4.69, 9.17) is 4.42 Å². The van der Waals surface area contributed by atoms with E-state index in [0.717, 1.165) is 27.5 Å². The third-order valence-corrected chi connectivity index (χ3v) is 9.85. The van der Waals surface area contributed by atoms with Crippen LogP contribution in [-0.2, 0) is 0 Å². The average Bonchev–Trinajstić information content (AvgIpc) is 3.51. The molecule has 0 aliphatic heterocycles. The number of fused-ring (bicyclic) bond motifs is 8. The van der Waals surface area contributed by atoms with Gasteiger partial charge in [-0.15, -0.1) is 0 Å². The lowest BCUT2D eigenvalue weighted by atomic mass is 9.85. The molecule has 0 unspecified atom stereocenters. The molecular formula is C46H28O. The summed E-state index contributed by atoms with van der Waals surface area (Å²) in [5.74, 6) is 0. The van der Waals surface area contributed by atoms with Crippen LogP contribution in [0.4, 0.5) is 0 Å². The highest BCUT2D eigenvalue weighted by Crippen LogP contribution is 2.45. The van der Waals surface area contributed by atoms with E-state index >= 15 is 0 Å². The molecule has 0 bridgehead atoms. The average molecular weight is 597 g/mol. The Hall–Kier alpha value is -6.18. The van der Waals surface area contributed by atoms with Gasteiger partial charge < -0.3 is 4.42 Å². The van der Waals surface area contributed by atoms with Crippen molar-refractivity contribution in [1.82, 2.24) is 0 Å². The molecule has 0 aliphatic rings. The van der Waals surface area contributed by atoms with Crippen LogP contribution in [0.1, 0.15) is 0 Å². The van der Waals surface area contributed by atoms with Crippen molar-refractivity contribution in [1.29, 1.82) is 0 Å². The molecule has 0 amide bonds. The van der Waals surface area contributed by atoms with Gasteiger partial charge in [0.05, 0.1) is 0 Å². The van der Waals surface area contributed by atoms with Crippen molar-refractivity contribution in [2.24, 2.45) is 0 Å². The normalized spacial score (nSPS) is 11.8. The van der Waals surface area contributed by atoms with Gasteiger partial charge in [0.1, 0.15) is 11.2 Å². The third kappa shape index (κ3) is 3.97.